The maximum atomic E-state index is 13.8. The summed E-state index contributed by atoms with van der Waals surface area (Å²) in [5, 5.41) is 13.4. The second-order valence-corrected chi connectivity index (χ2v) is 29.0. The van der Waals surface area contributed by atoms with E-state index in [1.54, 1.807) is 0 Å². The van der Waals surface area contributed by atoms with E-state index in [0.717, 1.165) is 51.8 Å². The summed E-state index contributed by atoms with van der Waals surface area (Å²) in [6.07, 6.45) is 3.19. The van der Waals surface area contributed by atoms with Gasteiger partial charge in [0.1, 0.15) is 24.0 Å². The minimum Gasteiger partial charge on any atom is -0.488 e. The van der Waals surface area contributed by atoms with Crippen LogP contribution in [-0.2, 0) is 42.8 Å². The third-order valence-electron chi connectivity index (χ3n) is 12.6. The van der Waals surface area contributed by atoms with Gasteiger partial charge in [-0.3, -0.25) is 0 Å². The van der Waals surface area contributed by atoms with Crippen LogP contribution in [0.4, 0.5) is 0 Å². The highest BCUT2D eigenvalue weighted by atomic mass is 28.4. The maximum Gasteiger partial charge on any atom is 0.343 e. The fourth-order valence-electron chi connectivity index (χ4n) is 7.21. The first-order chi connectivity index (χ1) is 26.0. The van der Waals surface area contributed by atoms with Gasteiger partial charge in [-0.15, -0.1) is 0 Å². The van der Waals surface area contributed by atoms with Crippen molar-refractivity contribution < 1.29 is 37.4 Å². The lowest BCUT2D eigenvalue weighted by Gasteiger charge is -2.41. The number of carbonyl (C=O) groups is 1. The highest BCUT2D eigenvalue weighted by molar-refractivity contribution is 6.74. The molecule has 0 radical (unpaired) electrons. The van der Waals surface area contributed by atoms with Crippen LogP contribution in [0.25, 0.3) is 11.0 Å². The van der Waals surface area contributed by atoms with Crippen LogP contribution in [0.15, 0.2) is 47.1 Å². The molecule has 0 aliphatic carbocycles. The van der Waals surface area contributed by atoms with Gasteiger partial charge in [-0.1, -0.05) is 106 Å². The molecule has 10 heteroatoms. The molecule has 1 fully saturated rings. The van der Waals surface area contributed by atoms with E-state index in [0.29, 0.717) is 32.0 Å². The summed E-state index contributed by atoms with van der Waals surface area (Å²) in [6.45, 7) is 33.7. The molecule has 0 amide bonds. The van der Waals surface area contributed by atoms with Gasteiger partial charge in [0.05, 0.1) is 37.2 Å². The van der Waals surface area contributed by atoms with Crippen LogP contribution in [0, 0.1) is 5.92 Å². The number of hydrogen-bond donors (Lipinski definition) is 1. The molecular weight excluding hydrogens is 737 g/mol. The van der Waals surface area contributed by atoms with E-state index in [2.05, 4.69) is 107 Å². The van der Waals surface area contributed by atoms with Crippen LogP contribution in [0.5, 0.6) is 5.75 Å². The molecule has 0 bridgehead atoms. The first-order valence-electron chi connectivity index (χ1n) is 21.1. The average molecular weight is 811 g/mol. The standard InChI is InChI=1S/C46H74O8Si2/c1-16-22-34(38(47)27-40(54-56(14,15)45(9,10)11)46(39(17-2)53-46)43(48)49-18-3)36-29-51-42-35(36)26-33(25-31(4)5)41(50-28-32-23-20-19-21-24-32)37(42)30-52-55(12,13)44(6,7)8/h19-21,23-24,26,29,31,34,38-40,47H,16-18,22,25,27-28,30H2,1-15H3/t34-,38-,39?,40-,46-/m1/s1. The van der Waals surface area contributed by atoms with E-state index in [1.165, 1.54) is 0 Å². The van der Waals surface area contributed by atoms with Crippen molar-refractivity contribution >= 4 is 33.6 Å². The summed E-state index contributed by atoms with van der Waals surface area (Å²) >= 11 is 0. The monoisotopic (exact) mass is 810 g/mol. The average Bonchev–Trinajstić information content (AvgIpc) is 3.72. The largest absolute Gasteiger partial charge is 0.488 e. The second-order valence-electron chi connectivity index (χ2n) is 19.4. The number of furan rings is 1. The molecule has 2 heterocycles. The lowest BCUT2D eigenvalue weighted by atomic mass is 9.83. The number of aliphatic hydroxyl groups excluding tert-OH is 1. The molecule has 1 aliphatic rings. The molecule has 314 valence electrons. The summed E-state index contributed by atoms with van der Waals surface area (Å²) in [4.78, 5) is 13.8. The highest BCUT2D eigenvalue weighted by Gasteiger charge is 2.69. The van der Waals surface area contributed by atoms with E-state index in [1.807, 2.05) is 38.3 Å². The Kier molecular flexibility index (Phi) is 15.0. The molecule has 3 aromatic rings. The number of fused-ring (bicyclic) bond motifs is 1. The molecular formula is C46H74O8Si2. The number of rotatable bonds is 20. The Bertz CT molecular complexity index is 1740. The molecule has 56 heavy (non-hydrogen) atoms. The van der Waals surface area contributed by atoms with Crippen LogP contribution in [-0.4, -0.2) is 58.2 Å². The number of carbonyl (C=O) groups excluding carboxylic acids is 1. The Morgan fingerprint density at radius 3 is 2.12 bits per heavy atom. The van der Waals surface area contributed by atoms with E-state index in [-0.39, 0.29) is 35.1 Å². The molecule has 0 saturated carbocycles. The van der Waals surface area contributed by atoms with E-state index >= 15 is 0 Å². The zero-order valence-electron chi connectivity index (χ0n) is 37.4. The van der Waals surface area contributed by atoms with Crippen molar-refractivity contribution in [3.05, 3.63) is 64.9 Å². The molecule has 4 rings (SSSR count). The van der Waals surface area contributed by atoms with Crippen molar-refractivity contribution in [2.75, 3.05) is 6.61 Å². The molecule has 0 spiro atoms. The third kappa shape index (κ3) is 10.2. The zero-order valence-corrected chi connectivity index (χ0v) is 39.4. The van der Waals surface area contributed by atoms with Gasteiger partial charge in [-0.2, -0.15) is 0 Å². The minimum absolute atomic E-state index is 0.0172. The van der Waals surface area contributed by atoms with Gasteiger partial charge >= 0.3 is 5.97 Å². The normalized spacial score (nSPS) is 19.6. The van der Waals surface area contributed by atoms with Gasteiger partial charge in [0.15, 0.2) is 16.6 Å². The molecule has 1 aromatic heterocycles. The Hall–Kier alpha value is -2.48. The Morgan fingerprint density at radius 1 is 0.946 bits per heavy atom. The number of epoxide rings is 1. The van der Waals surface area contributed by atoms with Gasteiger partial charge in [0, 0.05) is 23.3 Å². The Morgan fingerprint density at radius 2 is 1.59 bits per heavy atom. The first kappa shape index (κ1) is 46.2. The topological polar surface area (TPSA) is 99.9 Å². The summed E-state index contributed by atoms with van der Waals surface area (Å²) in [5.41, 5.74) is 3.53. The second kappa shape index (κ2) is 18.2. The lowest BCUT2D eigenvalue weighted by molar-refractivity contribution is -0.154. The van der Waals surface area contributed by atoms with Gasteiger partial charge in [0.2, 0.25) is 5.60 Å². The Labute approximate surface area is 340 Å². The van der Waals surface area contributed by atoms with Crippen LogP contribution in [0.2, 0.25) is 36.3 Å². The number of hydrogen-bond acceptors (Lipinski definition) is 8. The predicted molar refractivity (Wildman–Crippen MR) is 232 cm³/mol. The van der Waals surface area contributed by atoms with Crippen LogP contribution < -0.4 is 4.74 Å². The van der Waals surface area contributed by atoms with Gasteiger partial charge in [-0.05, 0) is 85.6 Å². The minimum atomic E-state index is -2.43. The zero-order chi connectivity index (χ0) is 41.9. The van der Waals surface area contributed by atoms with E-state index < -0.39 is 40.4 Å². The quantitative estimate of drug-likeness (QED) is 0.0684. The van der Waals surface area contributed by atoms with E-state index in [4.69, 9.17) is 27.5 Å². The van der Waals surface area contributed by atoms with Crippen LogP contribution in [0.1, 0.15) is 130 Å². The van der Waals surface area contributed by atoms with Gasteiger partial charge < -0.3 is 32.6 Å². The summed E-state index contributed by atoms with van der Waals surface area (Å²) in [7, 11) is -4.59. The fraction of sp³-hybridized carbons (Fsp3) is 0.674. The fourth-order valence-corrected chi connectivity index (χ4v) is 9.48. The van der Waals surface area contributed by atoms with Crippen LogP contribution >= 0.6 is 0 Å². The van der Waals surface area contributed by atoms with Gasteiger partial charge in [-0.25, -0.2) is 4.79 Å². The number of benzene rings is 2. The maximum absolute atomic E-state index is 13.8. The van der Waals surface area contributed by atoms with Crippen molar-refractivity contribution in [1.82, 2.24) is 0 Å². The summed E-state index contributed by atoms with van der Waals surface area (Å²) < 4.78 is 39.3. The van der Waals surface area contributed by atoms with Crippen molar-refractivity contribution in [3.63, 3.8) is 0 Å². The number of aliphatic hydroxyl groups is 1. The van der Waals surface area contributed by atoms with Crippen molar-refractivity contribution in [1.29, 1.82) is 0 Å². The highest BCUT2D eigenvalue weighted by Crippen LogP contribution is 2.50. The van der Waals surface area contributed by atoms with E-state index in [9.17, 15) is 9.90 Å². The molecule has 1 saturated heterocycles. The molecule has 2 aromatic carbocycles. The SMILES string of the molecule is CCC[C@H](c1coc2c(CO[Si](C)(C)C(C)(C)C)c(OCc3ccccc3)c(CC(C)C)cc12)[C@H](O)C[C@@H](O[Si](C)(C)C(C)(C)C)[C@]1(C(=O)OCC)OC1CC. The molecule has 5 atom stereocenters. The third-order valence-corrected chi connectivity index (χ3v) is 21.6. The van der Waals surface area contributed by atoms with Crippen molar-refractivity contribution in [3.8, 4) is 5.75 Å². The van der Waals surface area contributed by atoms with Crippen molar-refractivity contribution in [2.24, 2.45) is 5.92 Å². The molecule has 1 unspecified atom stereocenters. The smallest absolute Gasteiger partial charge is 0.343 e. The summed E-state index contributed by atoms with van der Waals surface area (Å²) in [5.74, 6) is 0.488. The molecule has 1 N–H and O–H groups in total. The van der Waals surface area contributed by atoms with Gasteiger partial charge in [0.25, 0.3) is 0 Å². The number of ether oxygens (including phenoxy) is 3. The lowest BCUT2D eigenvalue weighted by Crippen LogP contribution is -2.53. The first-order valence-corrected chi connectivity index (χ1v) is 26.9. The molecule has 1 aliphatic heterocycles. The predicted octanol–water partition coefficient (Wildman–Crippen LogP) is 11.9. The van der Waals surface area contributed by atoms with Crippen LogP contribution in [0.3, 0.4) is 0 Å². The Balaban J connectivity index is 1.86. The molecule has 8 nitrogen and oxygen atoms in total. The number of esters is 1. The summed E-state index contributed by atoms with van der Waals surface area (Å²) in [6, 6.07) is 12.5. The van der Waals surface area contributed by atoms with Crippen molar-refractivity contribution in [2.45, 2.75) is 188 Å².